The van der Waals surface area contributed by atoms with Crippen molar-refractivity contribution in [2.45, 2.75) is 25.9 Å². The minimum atomic E-state index is -0.963. The van der Waals surface area contributed by atoms with Crippen LogP contribution in [-0.2, 0) is 16.0 Å². The molecule has 1 aliphatic rings. The lowest BCUT2D eigenvalue weighted by Gasteiger charge is -2.27. The molecule has 4 nitrogen and oxygen atoms in total. The predicted molar refractivity (Wildman–Crippen MR) is 58.0 cm³/mol. The van der Waals surface area contributed by atoms with E-state index >= 15 is 0 Å². The molecule has 2 rings (SSSR count). The minimum absolute atomic E-state index is 0.244. The number of pyridine rings is 1. The molecule has 2 atom stereocenters. The van der Waals surface area contributed by atoms with Gasteiger partial charge in [0.05, 0.1) is 17.7 Å². The number of aliphatic carboxylic acids is 1. The highest BCUT2D eigenvalue weighted by molar-refractivity contribution is 5.76. The highest BCUT2D eigenvalue weighted by Crippen LogP contribution is 2.38. The van der Waals surface area contributed by atoms with Crippen molar-refractivity contribution in [1.82, 2.24) is 4.98 Å². The quantitative estimate of drug-likeness (QED) is 0.871. The first-order chi connectivity index (χ1) is 8.04. The fourth-order valence-corrected chi connectivity index (χ4v) is 2.29. The van der Waals surface area contributed by atoms with Gasteiger partial charge in [0.2, 0.25) is 0 Å². The third kappa shape index (κ3) is 2.15. The maximum atomic E-state index is 13.0. The first-order valence-corrected chi connectivity index (χ1v) is 5.49. The Kier molecular flexibility index (Phi) is 3.11. The van der Waals surface area contributed by atoms with E-state index in [-0.39, 0.29) is 12.5 Å². The molecule has 1 aliphatic heterocycles. The molecule has 5 heteroatoms. The minimum Gasteiger partial charge on any atom is -0.481 e. The lowest BCUT2D eigenvalue weighted by molar-refractivity contribution is -0.151. The second-order valence-corrected chi connectivity index (χ2v) is 4.41. The van der Waals surface area contributed by atoms with Gasteiger partial charge in [-0.25, -0.2) is 4.39 Å². The average molecular weight is 239 g/mol. The molecule has 0 amide bonds. The number of carboxylic acids is 1. The molecule has 0 radical (unpaired) electrons. The Bertz CT molecular complexity index is 438. The van der Waals surface area contributed by atoms with Gasteiger partial charge in [0.15, 0.2) is 0 Å². The number of carbonyl (C=O) groups is 1. The van der Waals surface area contributed by atoms with Crippen molar-refractivity contribution in [3.05, 3.63) is 29.8 Å². The largest absolute Gasteiger partial charge is 0.481 e. The Hall–Kier alpha value is -1.49. The highest BCUT2D eigenvalue weighted by Gasteiger charge is 2.48. The fraction of sp³-hybridized carbons (Fsp3) is 0.500. The van der Waals surface area contributed by atoms with Gasteiger partial charge in [0, 0.05) is 12.8 Å². The van der Waals surface area contributed by atoms with Crippen LogP contribution in [0.1, 0.15) is 18.9 Å². The van der Waals surface area contributed by atoms with Crippen LogP contribution in [0.4, 0.5) is 4.39 Å². The third-order valence-electron chi connectivity index (χ3n) is 3.40. The second-order valence-electron chi connectivity index (χ2n) is 4.41. The molecule has 0 aliphatic carbocycles. The smallest absolute Gasteiger partial charge is 0.312 e. The summed E-state index contributed by atoms with van der Waals surface area (Å²) in [5.41, 5.74) is -0.375. The second kappa shape index (κ2) is 4.41. The first kappa shape index (κ1) is 12.0. The van der Waals surface area contributed by atoms with E-state index in [4.69, 9.17) is 4.74 Å². The highest BCUT2D eigenvalue weighted by atomic mass is 19.1. The van der Waals surface area contributed by atoms with Crippen LogP contribution in [0.3, 0.4) is 0 Å². The zero-order chi connectivity index (χ0) is 12.5. The average Bonchev–Trinajstić information content (AvgIpc) is 2.61. The van der Waals surface area contributed by atoms with Gasteiger partial charge in [-0.05, 0) is 31.4 Å². The summed E-state index contributed by atoms with van der Waals surface area (Å²) in [6.45, 7) is 2.17. The van der Waals surface area contributed by atoms with Gasteiger partial charge in [-0.1, -0.05) is 0 Å². The summed E-state index contributed by atoms with van der Waals surface area (Å²) < 4.78 is 18.4. The number of rotatable bonds is 3. The molecular formula is C12H14FNO3. The molecule has 1 saturated heterocycles. The Morgan fingerprint density at radius 3 is 3.00 bits per heavy atom. The molecule has 1 N–H and O–H groups in total. The summed E-state index contributed by atoms with van der Waals surface area (Å²) in [5.74, 6) is -1.35. The first-order valence-electron chi connectivity index (χ1n) is 5.49. The van der Waals surface area contributed by atoms with E-state index in [0.717, 1.165) is 6.20 Å². The lowest BCUT2D eigenvalue weighted by atomic mass is 9.76. The van der Waals surface area contributed by atoms with Gasteiger partial charge < -0.3 is 9.84 Å². The van der Waals surface area contributed by atoms with Gasteiger partial charge >= 0.3 is 5.97 Å². The van der Waals surface area contributed by atoms with E-state index in [1.807, 2.05) is 0 Å². The number of nitrogens with zero attached hydrogens (tertiary/aromatic N) is 1. The molecule has 1 aromatic rings. The third-order valence-corrected chi connectivity index (χ3v) is 3.40. The molecule has 1 aromatic heterocycles. The fourth-order valence-electron chi connectivity index (χ4n) is 2.29. The zero-order valence-corrected chi connectivity index (χ0v) is 9.52. The molecule has 1 fully saturated rings. The van der Waals surface area contributed by atoms with Gasteiger partial charge in [0.25, 0.3) is 0 Å². The van der Waals surface area contributed by atoms with Crippen LogP contribution >= 0.6 is 0 Å². The standard InChI is InChI=1S/C12H14FNO3/c1-8-12(11(15)16,2-3-17-8)5-9-4-10(13)7-14-6-9/h4,6-8H,2-3,5H2,1H3,(H,15,16). The van der Waals surface area contributed by atoms with Gasteiger partial charge in [-0.3, -0.25) is 9.78 Å². The monoisotopic (exact) mass is 239 g/mol. The zero-order valence-electron chi connectivity index (χ0n) is 9.52. The van der Waals surface area contributed by atoms with Gasteiger partial charge in [-0.15, -0.1) is 0 Å². The van der Waals surface area contributed by atoms with E-state index < -0.39 is 17.2 Å². The van der Waals surface area contributed by atoms with Crippen LogP contribution in [0.15, 0.2) is 18.5 Å². The van der Waals surface area contributed by atoms with Crippen LogP contribution in [-0.4, -0.2) is 28.8 Å². The van der Waals surface area contributed by atoms with E-state index in [9.17, 15) is 14.3 Å². The Balaban J connectivity index is 2.28. The van der Waals surface area contributed by atoms with Crippen molar-refractivity contribution in [2.75, 3.05) is 6.61 Å². The van der Waals surface area contributed by atoms with Crippen LogP contribution in [0.5, 0.6) is 0 Å². The summed E-state index contributed by atoms with van der Waals surface area (Å²) in [7, 11) is 0. The molecule has 2 heterocycles. The molecule has 0 spiro atoms. The van der Waals surface area contributed by atoms with Gasteiger partial charge in [-0.2, -0.15) is 0 Å². The van der Waals surface area contributed by atoms with E-state index in [1.165, 1.54) is 12.3 Å². The van der Waals surface area contributed by atoms with Crippen molar-refractivity contribution in [3.63, 3.8) is 0 Å². The van der Waals surface area contributed by atoms with Crippen molar-refractivity contribution in [1.29, 1.82) is 0 Å². The van der Waals surface area contributed by atoms with Crippen LogP contribution in [0, 0.1) is 11.2 Å². The maximum absolute atomic E-state index is 13.0. The number of hydrogen-bond acceptors (Lipinski definition) is 3. The Morgan fingerprint density at radius 1 is 1.71 bits per heavy atom. The maximum Gasteiger partial charge on any atom is 0.312 e. The SMILES string of the molecule is CC1OCCC1(Cc1cncc(F)c1)C(=O)O. The van der Waals surface area contributed by atoms with E-state index in [0.29, 0.717) is 18.6 Å². The molecule has 0 aromatic carbocycles. The summed E-state index contributed by atoms with van der Waals surface area (Å²) >= 11 is 0. The number of ether oxygens (including phenoxy) is 1. The van der Waals surface area contributed by atoms with Crippen molar-refractivity contribution >= 4 is 5.97 Å². The molecule has 0 bridgehead atoms. The Morgan fingerprint density at radius 2 is 2.47 bits per heavy atom. The molecule has 2 unspecified atom stereocenters. The molecule has 0 saturated carbocycles. The van der Waals surface area contributed by atoms with E-state index in [1.54, 1.807) is 6.92 Å². The van der Waals surface area contributed by atoms with E-state index in [2.05, 4.69) is 4.98 Å². The Labute approximate surface area is 98.4 Å². The summed E-state index contributed by atoms with van der Waals surface area (Å²) in [6.07, 6.45) is 2.92. The summed E-state index contributed by atoms with van der Waals surface area (Å²) in [5, 5.41) is 9.37. The van der Waals surface area contributed by atoms with Crippen molar-refractivity contribution < 1.29 is 19.0 Å². The normalized spacial score (nSPS) is 28.2. The molecule has 92 valence electrons. The molecular weight excluding hydrogens is 225 g/mol. The topological polar surface area (TPSA) is 59.4 Å². The summed E-state index contributed by atoms with van der Waals surface area (Å²) in [6, 6.07) is 1.32. The van der Waals surface area contributed by atoms with Gasteiger partial charge in [0.1, 0.15) is 5.82 Å². The number of aromatic nitrogens is 1. The lowest BCUT2D eigenvalue weighted by Crippen LogP contribution is -2.39. The van der Waals surface area contributed by atoms with Crippen molar-refractivity contribution in [3.8, 4) is 0 Å². The van der Waals surface area contributed by atoms with Crippen LogP contribution in [0.2, 0.25) is 0 Å². The number of carboxylic acid groups (broad SMARTS) is 1. The van der Waals surface area contributed by atoms with Crippen LogP contribution < -0.4 is 0 Å². The summed E-state index contributed by atoms with van der Waals surface area (Å²) in [4.78, 5) is 15.2. The number of hydrogen-bond donors (Lipinski definition) is 1. The predicted octanol–water partition coefficient (Wildman–Crippen LogP) is 1.64. The number of halogens is 1. The molecule has 17 heavy (non-hydrogen) atoms. The van der Waals surface area contributed by atoms with Crippen LogP contribution in [0.25, 0.3) is 0 Å². The van der Waals surface area contributed by atoms with Crippen molar-refractivity contribution in [2.24, 2.45) is 5.41 Å².